The molecule has 0 aromatic heterocycles. The zero-order valence-corrected chi connectivity index (χ0v) is 11.2. The summed E-state index contributed by atoms with van der Waals surface area (Å²) < 4.78 is 0. The molecule has 92 valence electrons. The van der Waals surface area contributed by atoms with Crippen LogP contribution in [0.2, 0.25) is 0 Å². The fourth-order valence-electron chi connectivity index (χ4n) is 1.81. The maximum atomic E-state index is 3.77. The number of rotatable bonds is 5. The van der Waals surface area contributed by atoms with E-state index in [0.29, 0.717) is 0 Å². The Bertz CT molecular complexity index is 511. The Kier molecular flexibility index (Phi) is 5.66. The first-order chi connectivity index (χ1) is 8.71. The van der Waals surface area contributed by atoms with Crippen LogP contribution in [0.1, 0.15) is 23.6 Å². The van der Waals surface area contributed by atoms with Crippen molar-refractivity contribution in [1.29, 1.82) is 0 Å². The molecule has 0 unspecified atom stereocenters. The summed E-state index contributed by atoms with van der Waals surface area (Å²) in [4.78, 5) is 0. The molecule has 0 aliphatic heterocycles. The number of aryl methyl sites for hydroxylation is 1. The molecular formula is C18H20. The summed E-state index contributed by atoms with van der Waals surface area (Å²) in [5.41, 5.74) is 4.81. The van der Waals surface area contributed by atoms with Crippen LogP contribution in [0.5, 0.6) is 0 Å². The van der Waals surface area contributed by atoms with Crippen molar-refractivity contribution in [2.75, 3.05) is 0 Å². The quantitative estimate of drug-likeness (QED) is 0.605. The van der Waals surface area contributed by atoms with E-state index in [2.05, 4.69) is 50.4 Å². The highest BCUT2D eigenvalue weighted by Gasteiger charge is 2.00. The van der Waals surface area contributed by atoms with Crippen LogP contribution in [0.25, 0.3) is 11.6 Å². The van der Waals surface area contributed by atoms with Crippen LogP contribution in [0, 0.1) is 6.92 Å². The maximum absolute atomic E-state index is 3.77. The lowest BCUT2D eigenvalue weighted by Gasteiger charge is -2.06. The molecular weight excluding hydrogens is 216 g/mol. The van der Waals surface area contributed by atoms with Crippen molar-refractivity contribution in [1.82, 2.24) is 0 Å². The Balaban J connectivity index is 3.26. The Labute approximate surface area is 110 Å². The Morgan fingerprint density at radius 3 is 2.50 bits per heavy atom. The van der Waals surface area contributed by atoms with E-state index in [0.717, 1.165) is 0 Å². The molecule has 1 aromatic rings. The molecule has 0 amide bonds. The first-order valence-electron chi connectivity index (χ1n) is 6.08. The van der Waals surface area contributed by atoms with Crippen LogP contribution < -0.4 is 0 Å². The van der Waals surface area contributed by atoms with Gasteiger partial charge in [-0.3, -0.25) is 0 Å². The summed E-state index contributed by atoms with van der Waals surface area (Å²) >= 11 is 0. The topological polar surface area (TPSA) is 0 Å². The van der Waals surface area contributed by atoms with Crippen LogP contribution in [0.3, 0.4) is 0 Å². The van der Waals surface area contributed by atoms with Crippen molar-refractivity contribution >= 4 is 11.6 Å². The van der Waals surface area contributed by atoms with Gasteiger partial charge in [0.25, 0.3) is 0 Å². The first kappa shape index (κ1) is 14.0. The van der Waals surface area contributed by atoms with E-state index in [1.807, 2.05) is 31.2 Å². The number of hydrogen-bond acceptors (Lipinski definition) is 0. The second-order valence-corrected chi connectivity index (χ2v) is 4.08. The van der Waals surface area contributed by atoms with Gasteiger partial charge in [0.05, 0.1) is 0 Å². The SMILES string of the molecule is C=C/C=C/c1cc(C)cc(C(/C=C\C)=C/C=C)c1. The first-order valence-corrected chi connectivity index (χ1v) is 6.08. The second kappa shape index (κ2) is 7.29. The number of benzene rings is 1. The number of allylic oxidation sites excluding steroid dienone is 7. The average Bonchev–Trinajstić information content (AvgIpc) is 2.35. The third-order valence-electron chi connectivity index (χ3n) is 2.50. The highest BCUT2D eigenvalue weighted by Crippen LogP contribution is 2.20. The lowest BCUT2D eigenvalue weighted by atomic mass is 9.99. The Hall–Kier alpha value is -2.08. The predicted octanol–water partition coefficient (Wildman–Crippen LogP) is 5.34. The summed E-state index contributed by atoms with van der Waals surface area (Å²) in [5.74, 6) is 0. The monoisotopic (exact) mass is 236 g/mol. The Morgan fingerprint density at radius 1 is 1.11 bits per heavy atom. The summed E-state index contributed by atoms with van der Waals surface area (Å²) in [6, 6.07) is 6.51. The van der Waals surface area contributed by atoms with Gasteiger partial charge in [-0.2, -0.15) is 0 Å². The average molecular weight is 236 g/mol. The lowest BCUT2D eigenvalue weighted by Crippen LogP contribution is -1.85. The molecule has 0 heterocycles. The summed E-state index contributed by atoms with van der Waals surface area (Å²) in [6.45, 7) is 11.6. The molecule has 1 aromatic carbocycles. The molecule has 0 atom stereocenters. The molecule has 0 aliphatic rings. The molecule has 0 fully saturated rings. The smallest absolute Gasteiger partial charge is 0.0176 e. The summed E-state index contributed by atoms with van der Waals surface area (Å²) in [7, 11) is 0. The van der Waals surface area contributed by atoms with Crippen molar-refractivity contribution in [3.8, 4) is 0 Å². The third-order valence-corrected chi connectivity index (χ3v) is 2.50. The minimum absolute atomic E-state index is 1.17. The normalized spacial score (nSPS) is 12.2. The molecule has 0 bridgehead atoms. The van der Waals surface area contributed by atoms with E-state index in [1.54, 1.807) is 6.08 Å². The molecule has 0 heteroatoms. The minimum atomic E-state index is 1.17. The molecule has 0 nitrogen and oxygen atoms in total. The van der Waals surface area contributed by atoms with Gasteiger partial charge in [-0.25, -0.2) is 0 Å². The molecule has 0 N–H and O–H groups in total. The fraction of sp³-hybridized carbons (Fsp3) is 0.111. The van der Waals surface area contributed by atoms with Crippen molar-refractivity contribution < 1.29 is 0 Å². The van der Waals surface area contributed by atoms with Gasteiger partial charge < -0.3 is 0 Å². The van der Waals surface area contributed by atoms with E-state index in [1.165, 1.54) is 22.3 Å². The van der Waals surface area contributed by atoms with E-state index in [-0.39, 0.29) is 0 Å². The van der Waals surface area contributed by atoms with Crippen LogP contribution in [0.15, 0.2) is 67.8 Å². The molecule has 18 heavy (non-hydrogen) atoms. The van der Waals surface area contributed by atoms with Crippen LogP contribution in [0.4, 0.5) is 0 Å². The predicted molar refractivity (Wildman–Crippen MR) is 83.4 cm³/mol. The molecule has 0 spiro atoms. The van der Waals surface area contributed by atoms with Gasteiger partial charge in [-0.1, -0.05) is 67.8 Å². The lowest BCUT2D eigenvalue weighted by molar-refractivity contribution is 1.43. The molecule has 0 radical (unpaired) electrons. The van der Waals surface area contributed by atoms with Crippen molar-refractivity contribution in [3.63, 3.8) is 0 Å². The Morgan fingerprint density at radius 2 is 1.89 bits per heavy atom. The highest BCUT2D eigenvalue weighted by atomic mass is 14.0. The van der Waals surface area contributed by atoms with Gasteiger partial charge in [-0.05, 0) is 42.2 Å². The van der Waals surface area contributed by atoms with Crippen LogP contribution in [-0.2, 0) is 0 Å². The van der Waals surface area contributed by atoms with Gasteiger partial charge in [0.2, 0.25) is 0 Å². The van der Waals surface area contributed by atoms with E-state index in [9.17, 15) is 0 Å². The molecule has 0 saturated heterocycles. The van der Waals surface area contributed by atoms with E-state index >= 15 is 0 Å². The maximum Gasteiger partial charge on any atom is -0.0176 e. The molecule has 0 aliphatic carbocycles. The molecule has 1 rings (SSSR count). The minimum Gasteiger partial charge on any atom is -0.0991 e. The zero-order valence-electron chi connectivity index (χ0n) is 11.2. The summed E-state index contributed by atoms with van der Waals surface area (Å²) in [6.07, 6.45) is 13.8. The van der Waals surface area contributed by atoms with Gasteiger partial charge in [-0.15, -0.1) is 0 Å². The highest BCUT2D eigenvalue weighted by molar-refractivity contribution is 5.77. The molecule has 0 saturated carbocycles. The number of hydrogen-bond donors (Lipinski definition) is 0. The zero-order chi connectivity index (χ0) is 13.4. The van der Waals surface area contributed by atoms with Gasteiger partial charge >= 0.3 is 0 Å². The van der Waals surface area contributed by atoms with E-state index < -0.39 is 0 Å². The van der Waals surface area contributed by atoms with Crippen molar-refractivity contribution in [2.45, 2.75) is 13.8 Å². The third kappa shape index (κ3) is 4.06. The van der Waals surface area contributed by atoms with Gasteiger partial charge in [0.15, 0.2) is 0 Å². The van der Waals surface area contributed by atoms with Gasteiger partial charge in [0.1, 0.15) is 0 Å². The van der Waals surface area contributed by atoms with E-state index in [4.69, 9.17) is 0 Å². The summed E-state index contributed by atoms with van der Waals surface area (Å²) in [5, 5.41) is 0. The van der Waals surface area contributed by atoms with Crippen molar-refractivity contribution in [3.05, 3.63) is 84.5 Å². The van der Waals surface area contributed by atoms with Crippen LogP contribution in [-0.4, -0.2) is 0 Å². The van der Waals surface area contributed by atoms with Crippen molar-refractivity contribution in [2.24, 2.45) is 0 Å². The van der Waals surface area contributed by atoms with Gasteiger partial charge in [0, 0.05) is 0 Å². The van der Waals surface area contributed by atoms with Crippen LogP contribution >= 0.6 is 0 Å². The largest absolute Gasteiger partial charge is 0.0991 e. The standard InChI is InChI=1S/C18H20/c1-5-8-11-16-12-15(4)13-18(14-16)17(9-6-2)10-7-3/h5-14H,1-2H2,3-4H3/b10-7-,11-8+,17-9+. The second-order valence-electron chi connectivity index (χ2n) is 4.08. The fourth-order valence-corrected chi connectivity index (χ4v) is 1.81.